The van der Waals surface area contributed by atoms with Crippen molar-refractivity contribution in [1.29, 1.82) is 0 Å². The van der Waals surface area contributed by atoms with E-state index in [1.54, 1.807) is 6.07 Å². The Bertz CT molecular complexity index is 848. The Morgan fingerprint density at radius 2 is 1.81 bits per heavy atom. The molecule has 1 aromatic carbocycles. The molecule has 0 fully saturated rings. The van der Waals surface area contributed by atoms with Gasteiger partial charge in [0.25, 0.3) is 0 Å². The number of aryl methyl sites for hydroxylation is 3. The van der Waals surface area contributed by atoms with Gasteiger partial charge in [-0.05, 0) is 26.8 Å². The Kier molecular flexibility index (Phi) is 2.97. The van der Waals surface area contributed by atoms with E-state index >= 15 is 0 Å². The lowest BCUT2D eigenvalue weighted by atomic mass is 10.1. The fraction of sp³-hybridized carbons (Fsp3) is 0.188. The summed E-state index contributed by atoms with van der Waals surface area (Å²) >= 11 is 0. The Morgan fingerprint density at radius 3 is 2.43 bits per heavy atom. The monoisotopic (exact) mass is 281 g/mol. The molecule has 0 unspecified atom stereocenters. The van der Waals surface area contributed by atoms with Crippen LogP contribution in [0.4, 0.5) is 0 Å². The number of benzene rings is 1. The summed E-state index contributed by atoms with van der Waals surface area (Å²) in [5.74, 6) is -1.02. The van der Waals surface area contributed by atoms with Crippen LogP contribution in [0.25, 0.3) is 16.9 Å². The number of rotatable bonds is 2. The lowest BCUT2D eigenvalue weighted by Gasteiger charge is -2.06. The Hall–Kier alpha value is -2.69. The third kappa shape index (κ3) is 2.16. The van der Waals surface area contributed by atoms with E-state index in [0.29, 0.717) is 11.3 Å². The highest BCUT2D eigenvalue weighted by Crippen LogP contribution is 2.22. The van der Waals surface area contributed by atoms with E-state index in [2.05, 4.69) is 10.1 Å². The molecule has 2 aromatic heterocycles. The third-order valence-corrected chi connectivity index (χ3v) is 3.62. The SMILES string of the molecule is Cc1ccc(-c2cc(C(=O)O)n3nc(C)c(C)c3n2)cc1. The molecule has 21 heavy (non-hydrogen) atoms. The van der Waals surface area contributed by atoms with Gasteiger partial charge in [-0.1, -0.05) is 29.8 Å². The lowest BCUT2D eigenvalue weighted by Crippen LogP contribution is -2.08. The van der Waals surface area contributed by atoms with Gasteiger partial charge in [0, 0.05) is 11.1 Å². The molecule has 5 heteroatoms. The molecule has 0 radical (unpaired) electrons. The van der Waals surface area contributed by atoms with E-state index in [0.717, 1.165) is 22.4 Å². The minimum absolute atomic E-state index is 0.117. The lowest BCUT2D eigenvalue weighted by molar-refractivity contribution is 0.0687. The normalized spacial score (nSPS) is 11.0. The van der Waals surface area contributed by atoms with Crippen LogP contribution in [-0.4, -0.2) is 25.7 Å². The van der Waals surface area contributed by atoms with Crippen molar-refractivity contribution in [2.24, 2.45) is 0 Å². The molecule has 106 valence electrons. The molecule has 0 atom stereocenters. The summed E-state index contributed by atoms with van der Waals surface area (Å²) in [5, 5.41) is 13.7. The highest BCUT2D eigenvalue weighted by atomic mass is 16.4. The molecule has 3 rings (SSSR count). The molecule has 0 bridgehead atoms. The zero-order valence-electron chi connectivity index (χ0n) is 12.1. The first-order valence-electron chi connectivity index (χ1n) is 6.64. The molecule has 0 aliphatic heterocycles. The van der Waals surface area contributed by atoms with Gasteiger partial charge in [-0.15, -0.1) is 0 Å². The van der Waals surface area contributed by atoms with Crippen LogP contribution in [0.5, 0.6) is 0 Å². The van der Waals surface area contributed by atoms with E-state index in [1.807, 2.05) is 45.0 Å². The number of carbonyl (C=O) groups is 1. The highest BCUT2D eigenvalue weighted by molar-refractivity contribution is 5.88. The van der Waals surface area contributed by atoms with Crippen molar-refractivity contribution in [3.63, 3.8) is 0 Å². The molecule has 3 aromatic rings. The molecular weight excluding hydrogens is 266 g/mol. The number of fused-ring (bicyclic) bond motifs is 1. The van der Waals surface area contributed by atoms with Crippen LogP contribution in [0.15, 0.2) is 30.3 Å². The standard InChI is InChI=1S/C16H15N3O2/c1-9-4-6-12(7-5-9)13-8-14(16(20)21)19-15(17-13)10(2)11(3)18-19/h4-8H,1-3H3,(H,20,21). The topological polar surface area (TPSA) is 67.5 Å². The van der Waals surface area contributed by atoms with Gasteiger partial charge >= 0.3 is 5.97 Å². The number of aromatic nitrogens is 3. The maximum absolute atomic E-state index is 11.5. The number of aromatic carboxylic acids is 1. The largest absolute Gasteiger partial charge is 0.477 e. The molecule has 0 spiro atoms. The van der Waals surface area contributed by atoms with Gasteiger partial charge < -0.3 is 5.11 Å². The number of nitrogens with zero attached hydrogens (tertiary/aromatic N) is 3. The van der Waals surface area contributed by atoms with Gasteiger partial charge in [0.2, 0.25) is 0 Å². The average molecular weight is 281 g/mol. The first-order chi connectivity index (χ1) is 9.97. The molecule has 0 aliphatic carbocycles. The molecule has 0 amide bonds. The van der Waals surface area contributed by atoms with Gasteiger partial charge in [0.1, 0.15) is 0 Å². The smallest absolute Gasteiger partial charge is 0.354 e. The molecule has 0 saturated heterocycles. The van der Waals surface area contributed by atoms with E-state index in [9.17, 15) is 9.90 Å². The number of carboxylic acids is 1. The summed E-state index contributed by atoms with van der Waals surface area (Å²) in [6, 6.07) is 9.41. The predicted molar refractivity (Wildman–Crippen MR) is 79.6 cm³/mol. The van der Waals surface area contributed by atoms with Crippen LogP contribution in [0.2, 0.25) is 0 Å². The summed E-state index contributed by atoms with van der Waals surface area (Å²) < 4.78 is 1.39. The van der Waals surface area contributed by atoms with Gasteiger partial charge in [-0.3, -0.25) is 0 Å². The number of hydrogen-bond acceptors (Lipinski definition) is 3. The number of carboxylic acid groups (broad SMARTS) is 1. The third-order valence-electron chi connectivity index (χ3n) is 3.62. The second kappa shape index (κ2) is 4.70. The summed E-state index contributed by atoms with van der Waals surface area (Å²) in [5.41, 5.74) is 5.06. The summed E-state index contributed by atoms with van der Waals surface area (Å²) in [7, 11) is 0. The maximum Gasteiger partial charge on any atom is 0.354 e. The van der Waals surface area contributed by atoms with Crippen LogP contribution in [0, 0.1) is 20.8 Å². The second-order valence-electron chi connectivity index (χ2n) is 5.14. The van der Waals surface area contributed by atoms with Gasteiger partial charge in [-0.25, -0.2) is 14.3 Å². The fourth-order valence-corrected chi connectivity index (χ4v) is 2.25. The van der Waals surface area contributed by atoms with Crippen molar-refractivity contribution >= 4 is 11.6 Å². The van der Waals surface area contributed by atoms with Crippen LogP contribution in [-0.2, 0) is 0 Å². The van der Waals surface area contributed by atoms with Crippen LogP contribution >= 0.6 is 0 Å². The van der Waals surface area contributed by atoms with Crippen molar-refractivity contribution in [2.45, 2.75) is 20.8 Å². The first kappa shape index (κ1) is 13.3. The van der Waals surface area contributed by atoms with E-state index in [4.69, 9.17) is 0 Å². The van der Waals surface area contributed by atoms with Gasteiger partial charge in [0.15, 0.2) is 11.3 Å². The Labute approximate surface area is 121 Å². The highest BCUT2D eigenvalue weighted by Gasteiger charge is 2.17. The van der Waals surface area contributed by atoms with E-state index in [1.165, 1.54) is 4.52 Å². The first-order valence-corrected chi connectivity index (χ1v) is 6.64. The van der Waals surface area contributed by atoms with Gasteiger partial charge in [0.05, 0.1) is 11.4 Å². The molecule has 5 nitrogen and oxygen atoms in total. The minimum atomic E-state index is -1.02. The zero-order valence-corrected chi connectivity index (χ0v) is 12.1. The minimum Gasteiger partial charge on any atom is -0.477 e. The fourth-order valence-electron chi connectivity index (χ4n) is 2.25. The summed E-state index contributed by atoms with van der Waals surface area (Å²) in [4.78, 5) is 16.1. The van der Waals surface area contributed by atoms with Crippen molar-refractivity contribution in [2.75, 3.05) is 0 Å². The second-order valence-corrected chi connectivity index (χ2v) is 5.14. The molecule has 0 saturated carbocycles. The molecule has 1 N–H and O–H groups in total. The van der Waals surface area contributed by atoms with Crippen LogP contribution in [0.1, 0.15) is 27.3 Å². The van der Waals surface area contributed by atoms with E-state index in [-0.39, 0.29) is 5.69 Å². The van der Waals surface area contributed by atoms with Gasteiger partial charge in [-0.2, -0.15) is 5.10 Å². The summed E-state index contributed by atoms with van der Waals surface area (Å²) in [6.45, 7) is 5.75. The Morgan fingerprint density at radius 1 is 1.14 bits per heavy atom. The van der Waals surface area contributed by atoms with Crippen molar-refractivity contribution < 1.29 is 9.90 Å². The van der Waals surface area contributed by atoms with Crippen molar-refractivity contribution in [3.05, 3.63) is 52.8 Å². The van der Waals surface area contributed by atoms with Crippen molar-refractivity contribution in [3.8, 4) is 11.3 Å². The van der Waals surface area contributed by atoms with E-state index < -0.39 is 5.97 Å². The zero-order chi connectivity index (χ0) is 15.1. The number of hydrogen-bond donors (Lipinski definition) is 1. The summed E-state index contributed by atoms with van der Waals surface area (Å²) in [6.07, 6.45) is 0. The van der Waals surface area contributed by atoms with Crippen LogP contribution in [0.3, 0.4) is 0 Å². The molecular formula is C16H15N3O2. The molecule has 2 heterocycles. The quantitative estimate of drug-likeness (QED) is 0.784. The Balaban J connectivity index is 2.31. The van der Waals surface area contributed by atoms with Crippen molar-refractivity contribution in [1.82, 2.24) is 14.6 Å². The average Bonchev–Trinajstić information content (AvgIpc) is 2.74. The maximum atomic E-state index is 11.5. The molecule has 0 aliphatic rings. The predicted octanol–water partition coefficient (Wildman–Crippen LogP) is 3.02. The van der Waals surface area contributed by atoms with Crippen LogP contribution < -0.4 is 0 Å².